The Bertz CT molecular complexity index is 1040. The molecule has 1 aliphatic carbocycles. The number of fused-ring (bicyclic) bond motifs is 3. The van der Waals surface area contributed by atoms with E-state index in [1.54, 1.807) is 13.1 Å². The van der Waals surface area contributed by atoms with Crippen molar-refractivity contribution in [2.75, 3.05) is 6.61 Å². The topological polar surface area (TPSA) is 64.2 Å². The Kier molecular flexibility index (Phi) is 4.62. The van der Waals surface area contributed by atoms with Gasteiger partial charge in [0, 0.05) is 0 Å². The van der Waals surface area contributed by atoms with Crippen molar-refractivity contribution in [1.29, 1.82) is 0 Å². The predicted molar refractivity (Wildman–Crippen MR) is 96.8 cm³/mol. The van der Waals surface area contributed by atoms with Crippen molar-refractivity contribution in [3.05, 3.63) is 52.0 Å². The molecule has 1 N–H and O–H groups in total. The molecule has 9 heteroatoms. The maximum Gasteiger partial charge on any atom is 0.416 e. The number of ether oxygens (including phenoxy) is 2. The van der Waals surface area contributed by atoms with Crippen LogP contribution in [0.1, 0.15) is 33.3 Å². The number of thiophene rings is 1. The van der Waals surface area contributed by atoms with E-state index in [2.05, 4.69) is 10.2 Å². The van der Waals surface area contributed by atoms with E-state index in [0.717, 1.165) is 40.3 Å². The Morgan fingerprint density at radius 3 is 2.89 bits per heavy atom. The Morgan fingerprint density at radius 1 is 1.32 bits per heavy atom. The van der Waals surface area contributed by atoms with Crippen LogP contribution in [0.4, 0.5) is 13.2 Å². The van der Waals surface area contributed by atoms with Crippen molar-refractivity contribution in [2.24, 2.45) is 0 Å². The van der Waals surface area contributed by atoms with Gasteiger partial charge in [0.2, 0.25) is 0 Å². The van der Waals surface area contributed by atoms with Gasteiger partial charge in [-0.25, -0.2) is 4.79 Å². The summed E-state index contributed by atoms with van der Waals surface area (Å²) in [6, 6.07) is 4.65. The van der Waals surface area contributed by atoms with Crippen molar-refractivity contribution in [3.63, 3.8) is 0 Å². The summed E-state index contributed by atoms with van der Waals surface area (Å²) in [5, 5.41) is 7.29. The predicted octanol–water partition coefficient (Wildman–Crippen LogP) is 5.22. The maximum absolute atomic E-state index is 13.0. The van der Waals surface area contributed by atoms with Crippen LogP contribution in [0.25, 0.3) is 11.3 Å². The molecule has 0 saturated carbocycles. The minimum atomic E-state index is -4.47. The molecule has 4 rings (SSSR count). The van der Waals surface area contributed by atoms with Gasteiger partial charge < -0.3 is 9.47 Å². The lowest BCUT2D eigenvalue weighted by Crippen LogP contribution is -2.09. The Hall–Kier alpha value is -2.81. The smallest absolute Gasteiger partial charge is 0.416 e. The quantitative estimate of drug-likeness (QED) is 0.601. The highest BCUT2D eigenvalue weighted by Gasteiger charge is 2.33. The van der Waals surface area contributed by atoms with E-state index < -0.39 is 17.7 Å². The van der Waals surface area contributed by atoms with Crippen molar-refractivity contribution >= 4 is 17.3 Å². The summed E-state index contributed by atoms with van der Waals surface area (Å²) >= 11 is 1.07. The molecular formula is C19H15F3N2O3S. The van der Waals surface area contributed by atoms with Crippen molar-refractivity contribution < 1.29 is 27.4 Å². The molecule has 0 fully saturated rings. The number of aromatic amines is 1. The number of nitrogens with zero attached hydrogens (tertiary/aromatic N) is 1. The number of carbonyl (C=O) groups is 1. The molecule has 3 aromatic rings. The van der Waals surface area contributed by atoms with Crippen LogP contribution < -0.4 is 4.74 Å². The van der Waals surface area contributed by atoms with Crippen LogP contribution in [0.3, 0.4) is 0 Å². The number of hydrogen-bond acceptors (Lipinski definition) is 5. The van der Waals surface area contributed by atoms with Crippen molar-refractivity contribution in [1.82, 2.24) is 10.2 Å². The monoisotopic (exact) mass is 408 g/mol. The fourth-order valence-electron chi connectivity index (χ4n) is 3.19. The molecule has 0 spiro atoms. The normalized spacial score (nSPS) is 13.0. The summed E-state index contributed by atoms with van der Waals surface area (Å²) in [6.45, 7) is 1.94. The van der Waals surface area contributed by atoms with Crippen LogP contribution in [0, 0.1) is 0 Å². The Labute approximate surface area is 162 Å². The first kappa shape index (κ1) is 18.5. The zero-order valence-electron chi connectivity index (χ0n) is 14.7. The Morgan fingerprint density at radius 2 is 2.14 bits per heavy atom. The van der Waals surface area contributed by atoms with Gasteiger partial charge >= 0.3 is 12.1 Å². The van der Waals surface area contributed by atoms with Gasteiger partial charge in [-0.2, -0.15) is 18.3 Å². The number of nitrogens with one attached hydrogen (secondary N) is 1. The number of hydrogen-bond donors (Lipinski definition) is 1. The summed E-state index contributed by atoms with van der Waals surface area (Å²) in [5.74, 6) is -0.425. The zero-order chi connectivity index (χ0) is 19.9. The third-order valence-corrected chi connectivity index (χ3v) is 5.51. The molecule has 146 valence electrons. The molecule has 0 bridgehead atoms. The lowest BCUT2D eigenvalue weighted by atomic mass is 9.92. The third-order valence-electron chi connectivity index (χ3n) is 4.42. The average molecular weight is 408 g/mol. The molecule has 0 atom stereocenters. The van der Waals surface area contributed by atoms with Crippen LogP contribution >= 0.6 is 11.3 Å². The number of esters is 1. The molecule has 0 aliphatic heterocycles. The van der Waals surface area contributed by atoms with Gasteiger partial charge in [0.25, 0.3) is 0 Å². The largest absolute Gasteiger partial charge is 0.462 e. The van der Waals surface area contributed by atoms with Gasteiger partial charge in [-0.3, -0.25) is 5.10 Å². The number of alkyl halides is 3. The second-order valence-electron chi connectivity index (χ2n) is 6.19. The highest BCUT2D eigenvalue weighted by Crippen LogP contribution is 2.48. The van der Waals surface area contributed by atoms with Crippen LogP contribution in [0.15, 0.2) is 30.5 Å². The summed E-state index contributed by atoms with van der Waals surface area (Å²) < 4.78 is 50.0. The fourth-order valence-corrected chi connectivity index (χ4v) is 4.31. The molecular weight excluding hydrogens is 393 g/mol. The highest BCUT2D eigenvalue weighted by atomic mass is 32.1. The highest BCUT2D eigenvalue weighted by molar-refractivity contribution is 7.16. The second-order valence-corrected chi connectivity index (χ2v) is 7.17. The number of halogens is 3. The fraction of sp³-hybridized carbons (Fsp3) is 0.263. The van der Waals surface area contributed by atoms with Gasteiger partial charge in [-0.05, 0) is 49.1 Å². The van der Waals surface area contributed by atoms with Crippen LogP contribution in [-0.2, 0) is 23.8 Å². The molecule has 2 aromatic heterocycles. The first-order chi connectivity index (χ1) is 13.4. The molecule has 1 aliphatic rings. The molecule has 0 radical (unpaired) electrons. The first-order valence-electron chi connectivity index (χ1n) is 8.59. The van der Waals surface area contributed by atoms with E-state index in [1.165, 1.54) is 12.1 Å². The van der Waals surface area contributed by atoms with Gasteiger partial charge in [0.05, 0.1) is 29.6 Å². The van der Waals surface area contributed by atoms with Gasteiger partial charge in [0.1, 0.15) is 10.6 Å². The van der Waals surface area contributed by atoms with E-state index in [-0.39, 0.29) is 12.4 Å². The summed E-state index contributed by atoms with van der Waals surface area (Å²) in [5.41, 5.74) is 2.30. The number of aromatic nitrogens is 2. The molecule has 5 nitrogen and oxygen atoms in total. The van der Waals surface area contributed by atoms with E-state index in [9.17, 15) is 18.0 Å². The van der Waals surface area contributed by atoms with E-state index in [1.807, 2.05) is 0 Å². The van der Waals surface area contributed by atoms with Gasteiger partial charge in [0.15, 0.2) is 5.06 Å². The molecule has 2 heterocycles. The number of carbonyl (C=O) groups excluding carboxylic acids is 1. The standard InChI is InChI=1S/C19H15F3N2O3S/c1-2-26-17(25)16-13-7-6-10-9-23-24-15(10)14(13)18(28-16)27-12-5-3-4-11(8-12)19(20,21)22/h3-5,8-9H,2,6-7H2,1H3,(H,23,24). The molecule has 28 heavy (non-hydrogen) atoms. The van der Waals surface area contributed by atoms with E-state index >= 15 is 0 Å². The first-order valence-corrected chi connectivity index (χ1v) is 9.40. The minimum absolute atomic E-state index is 0.0425. The maximum atomic E-state index is 13.0. The summed E-state index contributed by atoms with van der Waals surface area (Å²) in [7, 11) is 0. The Balaban J connectivity index is 1.79. The number of aryl methyl sites for hydroxylation is 1. The minimum Gasteiger partial charge on any atom is -0.462 e. The average Bonchev–Trinajstić information content (AvgIpc) is 3.26. The lowest BCUT2D eigenvalue weighted by Gasteiger charge is -2.15. The zero-order valence-corrected chi connectivity index (χ0v) is 15.5. The molecule has 0 saturated heterocycles. The summed E-state index contributed by atoms with van der Waals surface area (Å²) in [4.78, 5) is 12.8. The van der Waals surface area contributed by atoms with Crippen LogP contribution in [-0.4, -0.2) is 22.8 Å². The second kappa shape index (κ2) is 6.97. The van der Waals surface area contributed by atoms with E-state index in [4.69, 9.17) is 9.47 Å². The lowest BCUT2D eigenvalue weighted by molar-refractivity contribution is -0.137. The molecule has 0 unspecified atom stereocenters. The van der Waals surface area contributed by atoms with Crippen molar-refractivity contribution in [2.45, 2.75) is 25.9 Å². The van der Waals surface area contributed by atoms with Crippen LogP contribution in [0.2, 0.25) is 0 Å². The number of rotatable bonds is 4. The summed E-state index contributed by atoms with van der Waals surface area (Å²) in [6.07, 6.45) is -1.47. The van der Waals surface area contributed by atoms with Gasteiger partial charge in [-0.15, -0.1) is 0 Å². The van der Waals surface area contributed by atoms with E-state index in [0.29, 0.717) is 28.3 Å². The van der Waals surface area contributed by atoms with Gasteiger partial charge in [-0.1, -0.05) is 17.4 Å². The number of H-pyrrole nitrogens is 1. The molecule has 1 aromatic carbocycles. The van der Waals surface area contributed by atoms with Crippen molar-refractivity contribution in [3.8, 4) is 22.1 Å². The van der Waals surface area contributed by atoms with Crippen LogP contribution in [0.5, 0.6) is 10.8 Å². The third kappa shape index (κ3) is 3.26. The molecule has 0 amide bonds. The number of benzene rings is 1. The SMILES string of the molecule is CCOC(=O)c1sc(Oc2cccc(C(F)(F)F)c2)c2c1CCc1cn[nH]c1-2.